The van der Waals surface area contributed by atoms with Crippen LogP contribution in [0.15, 0.2) is 0 Å². The zero-order valence-corrected chi connectivity index (χ0v) is 12.5. The zero-order valence-electron chi connectivity index (χ0n) is 12.5. The van der Waals surface area contributed by atoms with Crippen LogP contribution in [0.5, 0.6) is 0 Å². The van der Waals surface area contributed by atoms with E-state index in [-0.39, 0.29) is 6.10 Å². The molecule has 0 rings (SSSR count). The molecule has 0 spiro atoms. The maximum absolute atomic E-state index is 9.60. The minimum atomic E-state index is -0.688. The summed E-state index contributed by atoms with van der Waals surface area (Å²) in [5.41, 5.74) is 0. The monoisotopic (exact) mass is 278 g/mol. The molecule has 0 heterocycles. The van der Waals surface area contributed by atoms with Gasteiger partial charge in [0.05, 0.1) is 25.4 Å². The third kappa shape index (κ3) is 12.6. The van der Waals surface area contributed by atoms with Crippen molar-refractivity contribution in [3.8, 4) is 0 Å². The molecule has 0 saturated carbocycles. The highest BCUT2D eigenvalue weighted by Gasteiger charge is 2.12. The summed E-state index contributed by atoms with van der Waals surface area (Å²) in [4.78, 5) is 0. The van der Waals surface area contributed by atoms with Crippen molar-refractivity contribution in [2.24, 2.45) is 0 Å². The summed E-state index contributed by atoms with van der Waals surface area (Å²) in [6.07, 6.45) is 3.03. The van der Waals surface area contributed by atoms with E-state index in [0.717, 1.165) is 25.7 Å². The van der Waals surface area contributed by atoms with Crippen LogP contribution in [0.25, 0.3) is 0 Å². The lowest BCUT2D eigenvalue weighted by Crippen LogP contribution is -2.24. The van der Waals surface area contributed by atoms with E-state index in [0.29, 0.717) is 26.2 Å². The molecule has 0 aromatic carbocycles. The number of hydrogen-bond acceptors (Lipinski definition) is 5. The van der Waals surface area contributed by atoms with E-state index in [1.165, 1.54) is 0 Å². The maximum atomic E-state index is 9.60. The Balaban J connectivity index is 3.66. The van der Waals surface area contributed by atoms with E-state index >= 15 is 0 Å². The van der Waals surface area contributed by atoms with Crippen LogP contribution < -0.4 is 0 Å². The molecule has 0 saturated heterocycles. The summed E-state index contributed by atoms with van der Waals surface area (Å²) < 4.78 is 15.9. The van der Waals surface area contributed by atoms with Crippen LogP contribution in [0, 0.1) is 0 Å². The normalized spacial score (nSPS) is 16.3. The van der Waals surface area contributed by atoms with Crippen molar-refractivity contribution in [1.29, 1.82) is 0 Å². The Kier molecular flexibility index (Phi) is 12.7. The Morgan fingerprint density at radius 1 is 1.00 bits per heavy atom. The second-order valence-corrected chi connectivity index (χ2v) is 4.87. The van der Waals surface area contributed by atoms with Gasteiger partial charge in [0, 0.05) is 13.7 Å². The second kappa shape index (κ2) is 12.8. The minimum absolute atomic E-state index is 0.0394. The minimum Gasteiger partial charge on any atom is -0.391 e. The first-order valence-electron chi connectivity index (χ1n) is 7.18. The fourth-order valence-corrected chi connectivity index (χ4v) is 1.64. The molecular weight excluding hydrogens is 248 g/mol. The summed E-state index contributed by atoms with van der Waals surface area (Å²) in [6.45, 7) is 5.19. The van der Waals surface area contributed by atoms with E-state index in [2.05, 4.69) is 6.92 Å². The van der Waals surface area contributed by atoms with Crippen LogP contribution in [0.3, 0.4) is 0 Å². The number of hydrogen-bond donors (Lipinski definition) is 2. The van der Waals surface area contributed by atoms with Gasteiger partial charge < -0.3 is 24.4 Å². The summed E-state index contributed by atoms with van der Waals surface area (Å²) in [7, 11) is 1.63. The molecule has 2 N–H and O–H groups in total. The van der Waals surface area contributed by atoms with Crippen molar-refractivity contribution >= 4 is 0 Å². The van der Waals surface area contributed by atoms with Gasteiger partial charge >= 0.3 is 0 Å². The highest BCUT2D eigenvalue weighted by molar-refractivity contribution is 4.59. The first-order chi connectivity index (χ1) is 9.10. The predicted molar refractivity (Wildman–Crippen MR) is 74.0 cm³/mol. The van der Waals surface area contributed by atoms with E-state index in [1.807, 2.05) is 0 Å². The van der Waals surface area contributed by atoms with Crippen molar-refractivity contribution in [2.75, 3.05) is 26.9 Å². The number of methoxy groups -OCH3 is 1. The van der Waals surface area contributed by atoms with Crippen molar-refractivity contribution in [2.45, 2.75) is 64.4 Å². The van der Waals surface area contributed by atoms with Gasteiger partial charge in [-0.3, -0.25) is 0 Å². The molecule has 0 aliphatic heterocycles. The van der Waals surface area contributed by atoms with Gasteiger partial charge in [-0.25, -0.2) is 0 Å². The standard InChI is InChI=1S/C14H30O5/c1-4-5-9-18-14(16)8-6-7-13(11-17-3)19-10-12(2)15/h12-16H,4-11H2,1-3H3. The molecule has 5 nitrogen and oxygen atoms in total. The fraction of sp³-hybridized carbons (Fsp3) is 1.00. The fourth-order valence-electron chi connectivity index (χ4n) is 1.64. The molecule has 0 aliphatic carbocycles. The second-order valence-electron chi connectivity index (χ2n) is 4.87. The Hall–Kier alpha value is -0.200. The SMILES string of the molecule is CCCCOC(O)CCCC(COC)OCC(C)O. The molecule has 3 unspecified atom stereocenters. The largest absolute Gasteiger partial charge is 0.391 e. The summed E-state index contributed by atoms with van der Waals surface area (Å²) in [5, 5.41) is 18.8. The summed E-state index contributed by atoms with van der Waals surface area (Å²) in [5.74, 6) is 0. The lowest BCUT2D eigenvalue weighted by atomic mass is 10.1. The smallest absolute Gasteiger partial charge is 0.154 e. The molecule has 3 atom stereocenters. The maximum Gasteiger partial charge on any atom is 0.154 e. The average Bonchev–Trinajstić information content (AvgIpc) is 2.36. The molecule has 19 heavy (non-hydrogen) atoms. The van der Waals surface area contributed by atoms with E-state index in [1.54, 1.807) is 14.0 Å². The van der Waals surface area contributed by atoms with E-state index in [9.17, 15) is 10.2 Å². The lowest BCUT2D eigenvalue weighted by Gasteiger charge is -2.19. The van der Waals surface area contributed by atoms with E-state index < -0.39 is 12.4 Å². The molecule has 5 heteroatoms. The topological polar surface area (TPSA) is 68.2 Å². The Bertz CT molecular complexity index is 187. The van der Waals surface area contributed by atoms with Crippen molar-refractivity contribution in [1.82, 2.24) is 0 Å². The van der Waals surface area contributed by atoms with Gasteiger partial charge in [0.25, 0.3) is 0 Å². The van der Waals surface area contributed by atoms with Gasteiger partial charge in [0.2, 0.25) is 0 Å². The third-order valence-electron chi connectivity index (χ3n) is 2.71. The Labute approximate surface area is 116 Å². The molecule has 0 bridgehead atoms. The number of rotatable bonds is 13. The number of aliphatic hydroxyl groups excluding tert-OH is 2. The van der Waals surface area contributed by atoms with Gasteiger partial charge in [-0.15, -0.1) is 0 Å². The molecule has 0 aromatic heterocycles. The van der Waals surface area contributed by atoms with Gasteiger partial charge in [-0.05, 0) is 32.6 Å². The quantitative estimate of drug-likeness (QED) is 0.396. The summed E-state index contributed by atoms with van der Waals surface area (Å²) in [6, 6.07) is 0. The Morgan fingerprint density at radius 2 is 1.74 bits per heavy atom. The van der Waals surface area contributed by atoms with Gasteiger partial charge in [0.15, 0.2) is 6.29 Å². The van der Waals surface area contributed by atoms with E-state index in [4.69, 9.17) is 14.2 Å². The highest BCUT2D eigenvalue weighted by atomic mass is 16.6. The number of ether oxygens (including phenoxy) is 3. The van der Waals surface area contributed by atoms with Crippen molar-refractivity contribution < 1.29 is 24.4 Å². The lowest BCUT2D eigenvalue weighted by molar-refractivity contribution is -0.107. The number of aliphatic hydroxyl groups is 2. The zero-order chi connectivity index (χ0) is 14.5. The predicted octanol–water partition coefficient (Wildman–Crippen LogP) is 1.70. The van der Waals surface area contributed by atoms with Crippen LogP contribution in [0.4, 0.5) is 0 Å². The first-order valence-corrected chi connectivity index (χ1v) is 7.18. The van der Waals surface area contributed by atoms with Crippen LogP contribution in [0.2, 0.25) is 0 Å². The average molecular weight is 278 g/mol. The molecule has 0 aromatic rings. The van der Waals surface area contributed by atoms with Crippen LogP contribution in [-0.4, -0.2) is 55.6 Å². The van der Waals surface area contributed by atoms with Gasteiger partial charge in [-0.2, -0.15) is 0 Å². The molecule has 0 aliphatic rings. The van der Waals surface area contributed by atoms with Gasteiger partial charge in [-0.1, -0.05) is 13.3 Å². The molecule has 0 radical (unpaired) electrons. The van der Waals surface area contributed by atoms with Crippen LogP contribution >= 0.6 is 0 Å². The molecule has 0 amide bonds. The summed E-state index contributed by atoms with van der Waals surface area (Å²) >= 11 is 0. The Morgan fingerprint density at radius 3 is 2.32 bits per heavy atom. The number of unbranched alkanes of at least 4 members (excludes halogenated alkanes) is 1. The first kappa shape index (κ1) is 18.8. The molecule has 116 valence electrons. The molecular formula is C14H30O5. The molecule has 0 fully saturated rings. The van der Waals surface area contributed by atoms with Crippen LogP contribution in [0.1, 0.15) is 46.0 Å². The highest BCUT2D eigenvalue weighted by Crippen LogP contribution is 2.09. The third-order valence-corrected chi connectivity index (χ3v) is 2.71. The van der Waals surface area contributed by atoms with Crippen molar-refractivity contribution in [3.63, 3.8) is 0 Å². The van der Waals surface area contributed by atoms with Gasteiger partial charge in [0.1, 0.15) is 0 Å². The van der Waals surface area contributed by atoms with Crippen molar-refractivity contribution in [3.05, 3.63) is 0 Å². The van der Waals surface area contributed by atoms with Crippen LogP contribution in [-0.2, 0) is 14.2 Å².